The summed E-state index contributed by atoms with van der Waals surface area (Å²) < 4.78 is 7.83. The highest BCUT2D eigenvalue weighted by Gasteiger charge is 2.39. The molecule has 1 aliphatic rings. The Bertz CT molecular complexity index is 871. The highest BCUT2D eigenvalue weighted by molar-refractivity contribution is 5.78. The maximum atomic E-state index is 12.4. The Labute approximate surface area is 133 Å². The van der Waals surface area contributed by atoms with E-state index in [0.29, 0.717) is 19.8 Å². The normalized spacial score (nSPS) is 21.1. The zero-order valence-corrected chi connectivity index (χ0v) is 13.0. The van der Waals surface area contributed by atoms with Crippen LogP contribution in [-0.2, 0) is 12.1 Å². The van der Waals surface area contributed by atoms with Gasteiger partial charge >= 0.3 is 0 Å². The van der Waals surface area contributed by atoms with Crippen LogP contribution in [0.15, 0.2) is 57.9 Å². The van der Waals surface area contributed by atoms with E-state index in [1.165, 1.54) is 0 Å². The molecule has 1 unspecified atom stereocenters. The smallest absolute Gasteiger partial charge is 0.253 e. The van der Waals surface area contributed by atoms with Gasteiger partial charge in [-0.1, -0.05) is 24.3 Å². The Balaban J connectivity index is 1.80. The van der Waals surface area contributed by atoms with Crippen molar-refractivity contribution >= 4 is 11.0 Å². The molecule has 1 aliphatic heterocycles. The number of hydrogen-bond donors (Lipinski definition) is 2. The molecule has 5 nitrogen and oxygen atoms in total. The lowest BCUT2D eigenvalue weighted by Crippen LogP contribution is -2.45. The number of nitrogens with one attached hydrogen (secondary N) is 2. The van der Waals surface area contributed by atoms with Gasteiger partial charge in [0.2, 0.25) is 0 Å². The Hall–Kier alpha value is -2.37. The average Bonchev–Trinajstić information content (AvgIpc) is 3.19. The first kappa shape index (κ1) is 14.2. The van der Waals surface area contributed by atoms with Crippen LogP contribution in [-0.4, -0.2) is 17.8 Å². The van der Waals surface area contributed by atoms with Crippen molar-refractivity contribution in [2.24, 2.45) is 0 Å². The molecule has 0 radical (unpaired) electrons. The lowest BCUT2D eigenvalue weighted by Gasteiger charge is -2.27. The minimum atomic E-state index is -0.420. The Morgan fingerprint density at radius 2 is 2.13 bits per heavy atom. The van der Waals surface area contributed by atoms with E-state index >= 15 is 0 Å². The largest absolute Gasteiger partial charge is 0.459 e. The second kappa shape index (κ2) is 5.37. The summed E-state index contributed by atoms with van der Waals surface area (Å²) in [6.07, 6.45) is 1.83. The van der Waals surface area contributed by atoms with E-state index in [4.69, 9.17) is 4.42 Å². The van der Waals surface area contributed by atoms with Gasteiger partial charge in [0.05, 0.1) is 6.54 Å². The maximum absolute atomic E-state index is 12.4. The summed E-state index contributed by atoms with van der Waals surface area (Å²) in [7, 11) is 0. The quantitative estimate of drug-likeness (QED) is 0.776. The summed E-state index contributed by atoms with van der Waals surface area (Å²) in [4.78, 5) is 12.4. The van der Waals surface area contributed by atoms with Crippen LogP contribution in [0.25, 0.3) is 11.0 Å². The van der Waals surface area contributed by atoms with Gasteiger partial charge in [-0.25, -0.2) is 0 Å². The number of aryl methyl sites for hydroxylation is 1. The minimum absolute atomic E-state index is 0.0386. The minimum Gasteiger partial charge on any atom is -0.459 e. The summed E-state index contributed by atoms with van der Waals surface area (Å²) in [6, 6.07) is 13.8. The molecule has 1 saturated heterocycles. The number of fused-ring (bicyclic) bond motifs is 1. The van der Waals surface area contributed by atoms with Gasteiger partial charge in [-0.3, -0.25) is 10.1 Å². The monoisotopic (exact) mass is 309 g/mol. The van der Waals surface area contributed by atoms with Crippen LogP contribution >= 0.6 is 0 Å². The Kier molecular flexibility index (Phi) is 3.32. The molecule has 0 aliphatic carbocycles. The fourth-order valence-corrected chi connectivity index (χ4v) is 3.22. The molecule has 1 atom stereocenters. The zero-order chi connectivity index (χ0) is 15.9. The summed E-state index contributed by atoms with van der Waals surface area (Å²) in [5, 5.41) is 7.88. The third-order valence-electron chi connectivity index (χ3n) is 4.53. The van der Waals surface area contributed by atoms with Crippen LogP contribution in [0.2, 0.25) is 0 Å². The summed E-state index contributed by atoms with van der Waals surface area (Å²) >= 11 is 0. The van der Waals surface area contributed by atoms with E-state index < -0.39 is 5.54 Å². The lowest BCUT2D eigenvalue weighted by molar-refractivity contribution is 0.288. The van der Waals surface area contributed by atoms with Gasteiger partial charge in [0.1, 0.15) is 16.9 Å². The molecule has 0 amide bonds. The number of pyridine rings is 1. The average molecular weight is 309 g/mol. The molecule has 3 heterocycles. The molecule has 118 valence electrons. The van der Waals surface area contributed by atoms with Crippen molar-refractivity contribution in [3.05, 3.63) is 70.3 Å². The van der Waals surface area contributed by atoms with Crippen molar-refractivity contribution in [2.75, 3.05) is 13.2 Å². The van der Waals surface area contributed by atoms with Gasteiger partial charge in [-0.15, -0.1) is 0 Å². The fourth-order valence-electron chi connectivity index (χ4n) is 3.22. The van der Waals surface area contributed by atoms with E-state index in [-0.39, 0.29) is 5.56 Å². The molecule has 3 aromatic rings. The molecule has 5 heteroatoms. The van der Waals surface area contributed by atoms with E-state index in [0.717, 1.165) is 22.3 Å². The number of aromatic nitrogens is 1. The highest BCUT2D eigenvalue weighted by atomic mass is 16.3. The predicted octanol–water partition coefficient (Wildman–Crippen LogP) is 1.95. The maximum Gasteiger partial charge on any atom is 0.253 e. The van der Waals surface area contributed by atoms with E-state index in [2.05, 4.69) is 16.7 Å². The van der Waals surface area contributed by atoms with Gasteiger partial charge in [0.15, 0.2) is 0 Å². The first-order chi connectivity index (χ1) is 11.2. The molecular formula is C18H19N3O2. The fraction of sp³-hybridized carbons (Fsp3) is 0.278. The van der Waals surface area contributed by atoms with E-state index in [1.807, 2.05) is 49.5 Å². The van der Waals surface area contributed by atoms with Crippen LogP contribution < -0.4 is 16.2 Å². The summed E-state index contributed by atoms with van der Waals surface area (Å²) in [5.41, 5.74) is 1.23. The molecular weight excluding hydrogens is 290 g/mol. The number of nitrogens with zero attached hydrogens (tertiary/aromatic N) is 1. The molecule has 1 aromatic carbocycles. The summed E-state index contributed by atoms with van der Waals surface area (Å²) in [5.74, 6) is 0.858. The molecule has 1 fully saturated rings. The van der Waals surface area contributed by atoms with Gasteiger partial charge in [-0.05, 0) is 25.1 Å². The first-order valence-electron chi connectivity index (χ1n) is 7.79. The number of benzene rings is 1. The van der Waals surface area contributed by atoms with E-state index in [1.54, 1.807) is 4.57 Å². The lowest BCUT2D eigenvalue weighted by atomic mass is 9.96. The second-order valence-electron chi connectivity index (χ2n) is 6.14. The molecule has 2 N–H and O–H groups in total. The molecule has 2 aromatic heterocycles. The Morgan fingerprint density at radius 3 is 2.91 bits per heavy atom. The van der Waals surface area contributed by atoms with Crippen molar-refractivity contribution < 1.29 is 4.42 Å². The van der Waals surface area contributed by atoms with Crippen molar-refractivity contribution in [1.82, 2.24) is 15.2 Å². The highest BCUT2D eigenvalue weighted by Crippen LogP contribution is 2.30. The van der Waals surface area contributed by atoms with Gasteiger partial charge in [0.25, 0.3) is 5.56 Å². The second-order valence-corrected chi connectivity index (χ2v) is 6.14. The summed E-state index contributed by atoms with van der Waals surface area (Å²) in [6.45, 7) is 3.78. The zero-order valence-electron chi connectivity index (χ0n) is 13.0. The van der Waals surface area contributed by atoms with Crippen molar-refractivity contribution in [2.45, 2.75) is 19.0 Å². The number of rotatable bonds is 3. The molecule has 4 rings (SSSR count). The number of para-hydroxylation sites is 1. The van der Waals surface area contributed by atoms with Crippen LogP contribution in [0.1, 0.15) is 11.3 Å². The third kappa shape index (κ3) is 2.38. The SMILES string of the molecule is Cc1cccn(CC2(c3cc4ccccc4o3)CNCN2)c1=O. The molecule has 0 bridgehead atoms. The van der Waals surface area contributed by atoms with Crippen LogP contribution in [0.4, 0.5) is 0 Å². The molecule has 0 spiro atoms. The Morgan fingerprint density at radius 1 is 1.26 bits per heavy atom. The van der Waals surface area contributed by atoms with Gasteiger partial charge in [0, 0.05) is 30.4 Å². The van der Waals surface area contributed by atoms with Gasteiger partial charge in [-0.2, -0.15) is 0 Å². The van der Waals surface area contributed by atoms with Crippen LogP contribution in [0.3, 0.4) is 0 Å². The standard InChI is InChI=1S/C18H19N3O2/c1-13-5-4-8-21(17(13)22)11-18(10-19-12-20-18)16-9-14-6-2-3-7-15(14)23-16/h2-9,19-20H,10-12H2,1H3. The first-order valence-corrected chi connectivity index (χ1v) is 7.79. The molecule has 23 heavy (non-hydrogen) atoms. The van der Waals surface area contributed by atoms with Crippen molar-refractivity contribution in [3.8, 4) is 0 Å². The van der Waals surface area contributed by atoms with Crippen LogP contribution in [0.5, 0.6) is 0 Å². The number of hydrogen-bond acceptors (Lipinski definition) is 4. The topological polar surface area (TPSA) is 59.2 Å². The number of furan rings is 1. The van der Waals surface area contributed by atoms with Crippen molar-refractivity contribution in [1.29, 1.82) is 0 Å². The molecule has 0 saturated carbocycles. The van der Waals surface area contributed by atoms with Gasteiger partial charge < -0.3 is 14.3 Å². The van der Waals surface area contributed by atoms with Crippen molar-refractivity contribution in [3.63, 3.8) is 0 Å². The van der Waals surface area contributed by atoms with E-state index in [9.17, 15) is 4.79 Å². The predicted molar refractivity (Wildman–Crippen MR) is 89.3 cm³/mol. The van der Waals surface area contributed by atoms with Crippen LogP contribution in [0, 0.1) is 6.92 Å². The third-order valence-corrected chi connectivity index (χ3v) is 4.53.